The molecule has 0 aliphatic carbocycles. The van der Waals surface area contributed by atoms with Gasteiger partial charge in [-0.1, -0.05) is 76.9 Å². The number of nitrogens with zero attached hydrogens (tertiary/aromatic N) is 6. The summed E-state index contributed by atoms with van der Waals surface area (Å²) in [6.45, 7) is 3.01. The van der Waals surface area contributed by atoms with E-state index in [0.717, 1.165) is 58.3 Å². The number of rotatable bonds is 16. The number of halogens is 4. The Labute approximate surface area is 410 Å². The van der Waals surface area contributed by atoms with Crippen LogP contribution in [0.5, 0.6) is 0 Å². The second-order valence-corrected chi connectivity index (χ2v) is 19.0. The topological polar surface area (TPSA) is 203 Å². The molecule has 0 unspecified atom stereocenters. The van der Waals surface area contributed by atoms with Crippen LogP contribution in [0.4, 0.5) is 29.2 Å². The predicted molar refractivity (Wildman–Crippen MR) is 229 cm³/mol. The summed E-state index contributed by atoms with van der Waals surface area (Å²) in [4.78, 5) is 44.9. The second kappa shape index (κ2) is 22.6. The van der Waals surface area contributed by atoms with E-state index in [1.54, 1.807) is 32.0 Å². The molecule has 3 aromatic carbocycles. The number of fused-ring (bicyclic) bond motifs is 2. The molecule has 7 aromatic rings. The van der Waals surface area contributed by atoms with Gasteiger partial charge in [-0.05, 0) is 43.8 Å². The fraction of sp³-hybridized carbons (Fsp3) is 0.263. The van der Waals surface area contributed by atoms with Crippen LogP contribution in [0.1, 0.15) is 25.0 Å². The van der Waals surface area contributed by atoms with Crippen LogP contribution in [0.25, 0.3) is 20.7 Å². The summed E-state index contributed by atoms with van der Waals surface area (Å²) in [6, 6.07) is 15.1. The number of hydrogen-bond donors (Lipinski definition) is 4. The van der Waals surface area contributed by atoms with E-state index >= 15 is 0 Å². The normalized spacial score (nSPS) is 12.4. The van der Waals surface area contributed by atoms with Crippen LogP contribution < -0.4 is 76.7 Å². The molecule has 4 heterocycles. The Morgan fingerprint density at radius 2 is 1.27 bits per heavy atom. The Bertz CT molecular complexity index is 2890. The van der Waals surface area contributed by atoms with Gasteiger partial charge in [-0.15, -0.1) is 11.8 Å². The number of thioether (sulfide) groups is 2. The van der Waals surface area contributed by atoms with E-state index in [0.29, 0.717) is 15.2 Å². The Kier molecular flexibility index (Phi) is 18.1. The SMILES string of the molecule is C[C@H](CO)Nc1nc(SCc2cccc(F)c2F)nc2[n-]c(=O)sc12.C[C@H](CO)Nc1nc(SCc2cccc(F)c2F)nc2c1sc(=O)n2CCS(=O)(=O)c1ccccc1.[K+]. The monoisotopic (exact) mass is 974 g/mol. The van der Waals surface area contributed by atoms with Crippen LogP contribution in [0, 0.1) is 23.3 Å². The number of anilines is 2. The number of aryl methyl sites for hydroxylation is 1. The molecule has 0 spiro atoms. The standard InChI is InChI=1S/C23H22F2N4O4S3.C15H14F2N4O2S2.K/c1-14(12-30)26-20-19-21(28-22(27-20)34-13-15-6-5-9-17(24)18(15)25)29(23(31)35-19)10-11-36(32,33)16-7-3-2-4-8-16;1-7(5-22)18-12-11-13(21-15(23)25-11)20-14(19-12)24-6-8-3-2-4-9(16)10(8)17;/h2-9,14,30H,10-13H2,1H3,(H,26,27,28);2-4,7,22H,5-6H2,1H3,(H2,18,19,20,21,23);/q;;+1/p-1/t14-;7-;/m11./s1. The van der Waals surface area contributed by atoms with Gasteiger partial charge in [-0.25, -0.2) is 40.9 Å². The molecule has 62 heavy (non-hydrogen) atoms. The molecule has 322 valence electrons. The summed E-state index contributed by atoms with van der Waals surface area (Å²) >= 11 is 3.90. The molecule has 2 atom stereocenters. The summed E-state index contributed by atoms with van der Waals surface area (Å²) in [7, 11) is -3.65. The second-order valence-electron chi connectivity index (χ2n) is 13.1. The van der Waals surface area contributed by atoms with Crippen LogP contribution in [-0.4, -0.2) is 74.2 Å². The smallest absolute Gasteiger partial charge is 0.413 e. The molecular weight excluding hydrogens is 940 g/mol. The molecule has 0 fully saturated rings. The number of aromatic nitrogens is 6. The molecule has 4 aromatic heterocycles. The average molecular weight is 975 g/mol. The first-order valence-electron chi connectivity index (χ1n) is 18.1. The third-order valence-corrected chi connectivity index (χ3v) is 13.8. The first-order chi connectivity index (χ1) is 29.2. The van der Waals surface area contributed by atoms with E-state index in [4.69, 9.17) is 0 Å². The quantitative estimate of drug-likeness (QED) is 0.0476. The Morgan fingerprint density at radius 3 is 1.82 bits per heavy atom. The summed E-state index contributed by atoms with van der Waals surface area (Å²) in [5.41, 5.74) is 0.770. The minimum absolute atomic E-state index is 0. The fourth-order valence-corrected chi connectivity index (χ4v) is 9.81. The van der Waals surface area contributed by atoms with Gasteiger partial charge in [0.15, 0.2) is 49.7 Å². The maximum absolute atomic E-state index is 14.1. The maximum atomic E-state index is 14.1. The van der Waals surface area contributed by atoms with Crippen molar-refractivity contribution in [3.05, 3.63) is 120 Å². The van der Waals surface area contributed by atoms with Gasteiger partial charge in [0.05, 0.1) is 33.7 Å². The van der Waals surface area contributed by atoms with Crippen molar-refractivity contribution in [3.63, 3.8) is 0 Å². The van der Waals surface area contributed by atoms with E-state index in [-0.39, 0.29) is 138 Å². The Balaban J connectivity index is 0.000000245. The molecule has 0 aliphatic heterocycles. The van der Waals surface area contributed by atoms with Gasteiger partial charge < -0.3 is 30.8 Å². The molecule has 0 radical (unpaired) electrons. The summed E-state index contributed by atoms with van der Waals surface area (Å²) in [5.74, 6) is -3.24. The van der Waals surface area contributed by atoms with Gasteiger partial charge >= 0.3 is 56.3 Å². The van der Waals surface area contributed by atoms with E-state index in [1.807, 2.05) is 0 Å². The van der Waals surface area contributed by atoms with Gasteiger partial charge in [0, 0.05) is 41.3 Å². The first kappa shape index (κ1) is 49.7. The van der Waals surface area contributed by atoms with Crippen molar-refractivity contribution in [2.75, 3.05) is 29.6 Å². The van der Waals surface area contributed by atoms with Crippen LogP contribution >= 0.6 is 46.2 Å². The zero-order valence-electron chi connectivity index (χ0n) is 33.0. The van der Waals surface area contributed by atoms with Gasteiger partial charge in [-0.3, -0.25) is 14.2 Å². The zero-order chi connectivity index (χ0) is 43.8. The molecule has 0 amide bonds. The first-order valence-corrected chi connectivity index (χ1v) is 23.3. The third-order valence-electron chi connectivity index (χ3n) is 8.48. The van der Waals surface area contributed by atoms with Crippen molar-refractivity contribution in [2.45, 2.75) is 59.2 Å². The van der Waals surface area contributed by atoms with Crippen molar-refractivity contribution in [1.82, 2.24) is 29.5 Å². The number of hydrogen-bond acceptors (Lipinski definition) is 16. The van der Waals surface area contributed by atoms with E-state index in [9.17, 15) is 45.8 Å². The summed E-state index contributed by atoms with van der Waals surface area (Å²) < 4.78 is 82.4. The van der Waals surface area contributed by atoms with Crippen LogP contribution in [0.3, 0.4) is 0 Å². The Hall–Kier alpha value is -3.27. The Morgan fingerprint density at radius 1 is 0.742 bits per heavy atom. The molecule has 0 saturated carbocycles. The van der Waals surface area contributed by atoms with Crippen molar-refractivity contribution in [2.24, 2.45) is 0 Å². The molecule has 24 heteroatoms. The number of thiazole rings is 2. The third kappa shape index (κ3) is 12.5. The summed E-state index contributed by atoms with van der Waals surface area (Å²) in [6.07, 6.45) is 0. The van der Waals surface area contributed by atoms with Gasteiger partial charge in [0.2, 0.25) is 4.87 Å². The number of benzene rings is 3. The van der Waals surface area contributed by atoms with Gasteiger partial charge in [0.25, 0.3) is 0 Å². The minimum atomic E-state index is -3.65. The number of aliphatic hydroxyl groups excluding tert-OH is 2. The zero-order valence-corrected chi connectivity index (χ0v) is 40.2. The van der Waals surface area contributed by atoms with E-state index in [2.05, 4.69) is 35.6 Å². The number of aliphatic hydroxyl groups is 2. The maximum Gasteiger partial charge on any atom is 1.00 e. The molecule has 7 rings (SSSR count). The van der Waals surface area contributed by atoms with Crippen molar-refractivity contribution < 1.29 is 87.6 Å². The van der Waals surface area contributed by atoms with Crippen molar-refractivity contribution >= 4 is 88.4 Å². The molecule has 14 nitrogen and oxygen atoms in total. The van der Waals surface area contributed by atoms with E-state index < -0.39 is 48.9 Å². The van der Waals surface area contributed by atoms with Crippen molar-refractivity contribution in [1.29, 1.82) is 0 Å². The average Bonchev–Trinajstić information content (AvgIpc) is 3.79. The van der Waals surface area contributed by atoms with Crippen LogP contribution in [-0.2, 0) is 27.9 Å². The van der Waals surface area contributed by atoms with Crippen LogP contribution in [0.15, 0.2) is 91.5 Å². The number of nitrogens with one attached hydrogen (secondary N) is 2. The fourth-order valence-electron chi connectivity index (χ4n) is 5.35. The summed E-state index contributed by atoms with van der Waals surface area (Å²) in [5, 5.41) is 25.1. The van der Waals surface area contributed by atoms with Crippen LogP contribution in [0.2, 0.25) is 0 Å². The van der Waals surface area contributed by atoms with Gasteiger partial charge in [0.1, 0.15) is 10.5 Å². The molecule has 4 N–H and O–H groups in total. The number of sulfone groups is 1. The molecule has 0 saturated heterocycles. The molecular formula is C38H35F4KN8O6S5. The van der Waals surface area contributed by atoms with E-state index in [1.165, 1.54) is 41.0 Å². The molecule has 0 bridgehead atoms. The van der Waals surface area contributed by atoms with Gasteiger partial charge in [-0.2, -0.15) is 0 Å². The largest absolute Gasteiger partial charge is 1.00 e. The van der Waals surface area contributed by atoms with Crippen molar-refractivity contribution in [3.8, 4) is 0 Å². The molecule has 0 aliphatic rings. The minimum Gasteiger partial charge on any atom is -0.413 e. The predicted octanol–water partition coefficient (Wildman–Crippen LogP) is 3.07.